The van der Waals surface area contributed by atoms with E-state index < -0.39 is 23.0 Å². The molecule has 1 atom stereocenters. The van der Waals surface area contributed by atoms with Crippen molar-refractivity contribution >= 4 is 18.8 Å². The van der Waals surface area contributed by atoms with Crippen LogP contribution >= 0.6 is 18.8 Å². The van der Waals surface area contributed by atoms with Crippen molar-refractivity contribution in [3.63, 3.8) is 0 Å². The average molecular weight is 318 g/mol. The van der Waals surface area contributed by atoms with Crippen LogP contribution in [-0.2, 0) is 12.7 Å². The fraction of sp³-hybridized carbons (Fsp3) is 0.250. The molecule has 14 heavy (non-hydrogen) atoms. The Morgan fingerprint density at radius 2 is 1.93 bits per heavy atom. The molecule has 0 fully saturated rings. The number of rotatable bonds is 0. The Kier molecular flexibility index (Phi) is 2.15. The normalized spacial score (nSPS) is 30.8. The summed E-state index contributed by atoms with van der Waals surface area (Å²) in [6.07, 6.45) is 0. The number of benzene rings is 1. The molecule has 1 aliphatic heterocycles. The van der Waals surface area contributed by atoms with E-state index in [1.807, 2.05) is 0 Å². The Bertz CT molecular complexity index is 413. The molecule has 0 aliphatic carbocycles. The average Bonchev–Trinajstić information content (AvgIpc) is 2.45. The van der Waals surface area contributed by atoms with Crippen molar-refractivity contribution in [2.45, 2.75) is 10.8 Å². The van der Waals surface area contributed by atoms with E-state index in [2.05, 4.69) is 3.07 Å². The van der Waals surface area contributed by atoms with Gasteiger partial charge < -0.3 is 0 Å². The minimum absolute atomic E-state index is 0.146. The van der Waals surface area contributed by atoms with Gasteiger partial charge in [0.1, 0.15) is 0 Å². The number of hydrogen-bond acceptors (Lipinski definition) is 2. The standard InChI is InChI=1S/C8H6F3IO2/c9-8(10,11)12(13)7-4-2-1-3-6(7)5-14-12/h1-4H,5H2. The van der Waals surface area contributed by atoms with Gasteiger partial charge in [-0.2, -0.15) is 0 Å². The van der Waals surface area contributed by atoms with E-state index in [1.165, 1.54) is 18.2 Å². The summed E-state index contributed by atoms with van der Waals surface area (Å²) in [6, 6.07) is 5.78. The summed E-state index contributed by atoms with van der Waals surface area (Å²) >= 11 is -5.42. The summed E-state index contributed by atoms with van der Waals surface area (Å²) < 4.78 is 48.6. The first-order valence-corrected chi connectivity index (χ1v) is 7.64. The summed E-state index contributed by atoms with van der Waals surface area (Å²) in [7, 11) is 0. The Hall–Kier alpha value is -0.500. The van der Waals surface area contributed by atoms with Gasteiger partial charge in [0.15, 0.2) is 0 Å². The second-order valence-electron chi connectivity index (χ2n) is 2.74. The van der Waals surface area contributed by atoms with Crippen LogP contribution in [0.25, 0.3) is 0 Å². The van der Waals surface area contributed by atoms with Crippen molar-refractivity contribution in [3.05, 3.63) is 33.4 Å². The van der Waals surface area contributed by atoms with E-state index in [4.69, 9.17) is 0 Å². The third kappa shape index (κ3) is 1.28. The second kappa shape index (κ2) is 2.99. The summed E-state index contributed by atoms with van der Waals surface area (Å²) in [6.45, 7) is -0.199. The van der Waals surface area contributed by atoms with Crippen molar-refractivity contribution in [1.82, 2.24) is 0 Å². The summed E-state index contributed by atoms with van der Waals surface area (Å²) in [5.41, 5.74) is 0.385. The second-order valence-corrected chi connectivity index (χ2v) is 8.41. The first kappa shape index (κ1) is 10.0. The number of fused-ring (bicyclic) bond motifs is 1. The van der Waals surface area contributed by atoms with E-state index in [9.17, 15) is 16.2 Å². The Labute approximate surface area is 82.5 Å². The van der Waals surface area contributed by atoms with Gasteiger partial charge in [-0.1, -0.05) is 0 Å². The summed E-state index contributed by atoms with van der Waals surface area (Å²) in [4.78, 5) is 0. The van der Waals surface area contributed by atoms with Crippen LogP contribution in [-0.4, -0.2) is 4.18 Å². The SMILES string of the molecule is O=I1(C(F)(F)F)OCc2ccccc21. The quantitative estimate of drug-likeness (QED) is 0.542. The molecule has 1 aromatic rings. The van der Waals surface area contributed by atoms with Gasteiger partial charge in [0.25, 0.3) is 0 Å². The third-order valence-corrected chi connectivity index (χ3v) is 7.25. The van der Waals surface area contributed by atoms with Crippen LogP contribution in [0.2, 0.25) is 0 Å². The maximum absolute atomic E-state index is 12.5. The number of hydrogen-bond donors (Lipinski definition) is 0. The molecule has 1 aliphatic rings. The van der Waals surface area contributed by atoms with Crippen LogP contribution in [0.3, 0.4) is 0 Å². The van der Waals surface area contributed by atoms with E-state index >= 15 is 0 Å². The Morgan fingerprint density at radius 1 is 1.29 bits per heavy atom. The first-order valence-electron chi connectivity index (χ1n) is 3.72. The monoisotopic (exact) mass is 318 g/mol. The van der Waals surface area contributed by atoms with Crippen molar-refractivity contribution in [3.8, 4) is 0 Å². The summed E-state index contributed by atoms with van der Waals surface area (Å²) in [5, 5.41) is 0. The Morgan fingerprint density at radius 3 is 2.57 bits per heavy atom. The molecule has 0 bridgehead atoms. The van der Waals surface area contributed by atoms with E-state index in [0.29, 0.717) is 5.56 Å². The van der Waals surface area contributed by atoms with Crippen LogP contribution in [0.15, 0.2) is 24.3 Å². The topological polar surface area (TPSA) is 26.3 Å². The zero-order valence-electron chi connectivity index (χ0n) is 6.84. The van der Waals surface area contributed by atoms with Gasteiger partial charge in [-0.05, 0) is 0 Å². The fourth-order valence-corrected chi connectivity index (χ4v) is 5.28. The van der Waals surface area contributed by atoms with Crippen molar-refractivity contribution in [2.75, 3.05) is 0 Å². The molecule has 0 aromatic heterocycles. The molecule has 1 aromatic carbocycles. The molecular formula is C8H6F3IO2. The van der Waals surface area contributed by atoms with Crippen LogP contribution in [0.4, 0.5) is 13.2 Å². The third-order valence-electron chi connectivity index (χ3n) is 1.87. The van der Waals surface area contributed by atoms with Crippen LogP contribution in [0, 0.1) is 3.57 Å². The molecule has 0 saturated carbocycles. The number of alkyl halides is 4. The van der Waals surface area contributed by atoms with E-state index in [-0.39, 0.29) is 10.2 Å². The maximum atomic E-state index is 12.5. The summed E-state index contributed by atoms with van der Waals surface area (Å²) in [5.74, 6) is 0. The molecule has 0 radical (unpaired) electrons. The molecule has 0 spiro atoms. The van der Waals surface area contributed by atoms with Gasteiger partial charge in [0, 0.05) is 0 Å². The van der Waals surface area contributed by atoms with Gasteiger partial charge in [-0.15, -0.1) is 0 Å². The van der Waals surface area contributed by atoms with Gasteiger partial charge in [0.05, 0.1) is 0 Å². The van der Waals surface area contributed by atoms with Crippen LogP contribution < -0.4 is 0 Å². The molecule has 0 amide bonds. The van der Waals surface area contributed by atoms with Gasteiger partial charge >= 0.3 is 82.3 Å². The van der Waals surface area contributed by atoms with Crippen molar-refractivity contribution < 1.29 is 19.3 Å². The van der Waals surface area contributed by atoms with Crippen LogP contribution in [0.1, 0.15) is 5.56 Å². The molecule has 1 unspecified atom stereocenters. The first-order chi connectivity index (χ1) is 6.45. The zero-order valence-corrected chi connectivity index (χ0v) is 9.00. The molecule has 0 saturated heterocycles. The number of halogens is 4. The van der Waals surface area contributed by atoms with Crippen molar-refractivity contribution in [2.24, 2.45) is 0 Å². The van der Waals surface area contributed by atoms with Crippen LogP contribution in [0.5, 0.6) is 0 Å². The zero-order chi connectivity index (χ0) is 10.4. The molecule has 2 rings (SSSR count). The van der Waals surface area contributed by atoms with Gasteiger partial charge in [-0.3, -0.25) is 0 Å². The predicted molar refractivity (Wildman–Crippen MR) is 50.7 cm³/mol. The molecule has 2 nitrogen and oxygen atoms in total. The minimum atomic E-state index is -5.42. The molecule has 1 heterocycles. The van der Waals surface area contributed by atoms with Crippen molar-refractivity contribution in [1.29, 1.82) is 0 Å². The molecule has 6 heteroatoms. The predicted octanol–water partition coefficient (Wildman–Crippen LogP) is 3.21. The van der Waals surface area contributed by atoms with E-state index in [1.54, 1.807) is 6.07 Å². The molecule has 0 N–H and O–H groups in total. The van der Waals surface area contributed by atoms with Gasteiger partial charge in [0.2, 0.25) is 0 Å². The molecule has 78 valence electrons. The van der Waals surface area contributed by atoms with Gasteiger partial charge in [-0.25, -0.2) is 0 Å². The molecular weight excluding hydrogens is 312 g/mol. The fourth-order valence-electron chi connectivity index (χ4n) is 1.23. The van der Waals surface area contributed by atoms with E-state index in [0.717, 1.165) is 0 Å². The Balaban J connectivity index is 2.59.